The second-order valence-electron chi connectivity index (χ2n) is 7.55. The van der Waals surface area contributed by atoms with Crippen LogP contribution in [0.1, 0.15) is 37.7 Å². The Labute approximate surface area is 152 Å². The zero-order chi connectivity index (χ0) is 17.6. The third-order valence-corrected chi connectivity index (χ3v) is 5.51. The summed E-state index contributed by atoms with van der Waals surface area (Å²) in [5.41, 5.74) is 2.50. The van der Waals surface area contributed by atoms with E-state index in [0.717, 1.165) is 25.1 Å². The third-order valence-electron chi connectivity index (χ3n) is 5.51. The average Bonchev–Trinajstić information content (AvgIpc) is 3.30. The molecule has 0 radical (unpaired) electrons. The van der Waals surface area contributed by atoms with Crippen molar-refractivity contribution in [3.8, 4) is 0 Å². The molecule has 138 valence electrons. The van der Waals surface area contributed by atoms with Gasteiger partial charge in [-0.1, -0.05) is 25.0 Å². The number of anilines is 1. The largest absolute Gasteiger partial charge is 0.378 e. The number of rotatable bonds is 5. The summed E-state index contributed by atoms with van der Waals surface area (Å²) in [7, 11) is 6.00. The van der Waals surface area contributed by atoms with E-state index in [1.54, 1.807) is 0 Å². The minimum atomic E-state index is 0.514. The Kier molecular flexibility index (Phi) is 6.19. The minimum Gasteiger partial charge on any atom is -0.378 e. The third kappa shape index (κ3) is 4.88. The Morgan fingerprint density at radius 2 is 2.04 bits per heavy atom. The van der Waals surface area contributed by atoms with E-state index >= 15 is 0 Å². The molecule has 2 fully saturated rings. The lowest BCUT2D eigenvalue weighted by molar-refractivity contribution is 0.242. The van der Waals surface area contributed by atoms with Gasteiger partial charge in [0.05, 0.1) is 0 Å². The quantitative estimate of drug-likeness (QED) is 0.637. The second kappa shape index (κ2) is 8.56. The summed E-state index contributed by atoms with van der Waals surface area (Å²) in [5.74, 6) is 0.911. The van der Waals surface area contributed by atoms with Crippen LogP contribution < -0.4 is 15.5 Å². The molecule has 1 heterocycles. The standard InChI is InChI=1S/C20H33N5/c1-21-20(22-14-16-7-6-10-19(13-16)24(2)3)23-17-11-12-25(15-17)18-8-4-5-9-18/h6-7,10,13,17-18H,4-5,8-9,11-12,14-15H2,1-3H3,(H2,21,22,23). The van der Waals surface area contributed by atoms with Gasteiger partial charge in [-0.2, -0.15) is 0 Å². The molecule has 2 N–H and O–H groups in total. The summed E-state index contributed by atoms with van der Waals surface area (Å²) < 4.78 is 0. The molecule has 0 bridgehead atoms. The molecule has 3 rings (SSSR count). The summed E-state index contributed by atoms with van der Waals surface area (Å²) in [6.07, 6.45) is 6.82. The number of hydrogen-bond acceptors (Lipinski definition) is 3. The van der Waals surface area contributed by atoms with Crippen molar-refractivity contribution in [2.75, 3.05) is 39.1 Å². The second-order valence-corrected chi connectivity index (χ2v) is 7.55. The predicted molar refractivity (Wildman–Crippen MR) is 106 cm³/mol. The zero-order valence-corrected chi connectivity index (χ0v) is 16.0. The van der Waals surface area contributed by atoms with Gasteiger partial charge in [0, 0.05) is 58.5 Å². The first-order valence-corrected chi connectivity index (χ1v) is 9.63. The van der Waals surface area contributed by atoms with Crippen molar-refractivity contribution >= 4 is 11.6 Å². The molecule has 1 aliphatic carbocycles. The molecule has 1 aliphatic heterocycles. The number of guanidine groups is 1. The van der Waals surface area contributed by atoms with Gasteiger partial charge in [0.2, 0.25) is 0 Å². The van der Waals surface area contributed by atoms with E-state index in [9.17, 15) is 0 Å². The first kappa shape index (κ1) is 18.1. The van der Waals surface area contributed by atoms with Gasteiger partial charge >= 0.3 is 0 Å². The fourth-order valence-corrected chi connectivity index (χ4v) is 4.02. The summed E-state index contributed by atoms with van der Waals surface area (Å²) >= 11 is 0. The topological polar surface area (TPSA) is 42.9 Å². The van der Waals surface area contributed by atoms with Crippen molar-refractivity contribution in [2.45, 2.75) is 50.7 Å². The van der Waals surface area contributed by atoms with Gasteiger partial charge in [0.25, 0.3) is 0 Å². The lowest BCUT2D eigenvalue weighted by Gasteiger charge is -2.24. The van der Waals surface area contributed by atoms with Crippen LogP contribution in [0.15, 0.2) is 29.3 Å². The maximum Gasteiger partial charge on any atom is 0.191 e. The van der Waals surface area contributed by atoms with Gasteiger partial charge < -0.3 is 15.5 Å². The lowest BCUT2D eigenvalue weighted by atomic mass is 10.2. The van der Waals surface area contributed by atoms with E-state index < -0.39 is 0 Å². The number of likely N-dealkylation sites (tertiary alicyclic amines) is 1. The molecule has 0 aromatic heterocycles. The van der Waals surface area contributed by atoms with Gasteiger partial charge in [-0.25, -0.2) is 0 Å². The molecule has 1 aromatic carbocycles. The van der Waals surface area contributed by atoms with E-state index in [1.807, 2.05) is 7.05 Å². The van der Waals surface area contributed by atoms with Crippen LogP contribution >= 0.6 is 0 Å². The summed E-state index contributed by atoms with van der Waals surface area (Å²) in [6.45, 7) is 3.17. The molecule has 1 saturated carbocycles. The number of benzene rings is 1. The Bertz CT molecular complexity index is 577. The van der Waals surface area contributed by atoms with Crippen LogP contribution in [0.4, 0.5) is 5.69 Å². The van der Waals surface area contributed by atoms with Crippen molar-refractivity contribution < 1.29 is 0 Å². The smallest absolute Gasteiger partial charge is 0.191 e. The Balaban J connectivity index is 1.48. The molecule has 2 aliphatic rings. The molecule has 1 saturated heterocycles. The molecular formula is C20H33N5. The van der Waals surface area contributed by atoms with Crippen molar-refractivity contribution in [3.63, 3.8) is 0 Å². The van der Waals surface area contributed by atoms with Gasteiger partial charge in [0.15, 0.2) is 5.96 Å². The van der Waals surface area contributed by atoms with Crippen LogP contribution in [0.25, 0.3) is 0 Å². The molecule has 1 atom stereocenters. The highest BCUT2D eigenvalue weighted by molar-refractivity contribution is 5.80. The number of nitrogens with zero attached hydrogens (tertiary/aromatic N) is 3. The predicted octanol–water partition coefficient (Wildman–Crippen LogP) is 2.43. The van der Waals surface area contributed by atoms with E-state index in [1.165, 1.54) is 49.9 Å². The SMILES string of the molecule is CN=C(NCc1cccc(N(C)C)c1)NC1CCN(C2CCCC2)C1. The number of aliphatic imine (C=N–C) groups is 1. The summed E-state index contributed by atoms with van der Waals surface area (Å²) in [5, 5.41) is 7.08. The monoisotopic (exact) mass is 343 g/mol. The normalized spacial score (nSPS) is 22.4. The van der Waals surface area contributed by atoms with Gasteiger partial charge in [0.1, 0.15) is 0 Å². The summed E-state index contributed by atoms with van der Waals surface area (Å²) in [4.78, 5) is 9.22. The fraction of sp³-hybridized carbons (Fsp3) is 0.650. The van der Waals surface area contributed by atoms with Gasteiger partial charge in [-0.15, -0.1) is 0 Å². The molecule has 1 aromatic rings. The Morgan fingerprint density at radius 3 is 2.76 bits per heavy atom. The highest BCUT2D eigenvalue weighted by atomic mass is 15.3. The van der Waals surface area contributed by atoms with Crippen LogP contribution in [0.2, 0.25) is 0 Å². The maximum absolute atomic E-state index is 4.41. The molecule has 5 nitrogen and oxygen atoms in total. The van der Waals surface area contributed by atoms with Crippen LogP contribution in [-0.2, 0) is 6.54 Å². The fourth-order valence-electron chi connectivity index (χ4n) is 4.02. The minimum absolute atomic E-state index is 0.514. The van der Waals surface area contributed by atoms with Crippen molar-refractivity contribution in [3.05, 3.63) is 29.8 Å². The maximum atomic E-state index is 4.41. The first-order chi connectivity index (χ1) is 12.2. The highest BCUT2D eigenvalue weighted by Gasteiger charge is 2.30. The van der Waals surface area contributed by atoms with E-state index in [4.69, 9.17) is 0 Å². The van der Waals surface area contributed by atoms with Crippen LogP contribution in [0.5, 0.6) is 0 Å². The van der Waals surface area contributed by atoms with E-state index in [0.29, 0.717) is 6.04 Å². The van der Waals surface area contributed by atoms with Gasteiger partial charge in [-0.05, 0) is 37.0 Å². The molecular weight excluding hydrogens is 310 g/mol. The average molecular weight is 344 g/mol. The van der Waals surface area contributed by atoms with Crippen LogP contribution in [0, 0.1) is 0 Å². The zero-order valence-electron chi connectivity index (χ0n) is 16.0. The highest BCUT2D eigenvalue weighted by Crippen LogP contribution is 2.26. The summed E-state index contributed by atoms with van der Waals surface area (Å²) in [6, 6.07) is 9.96. The van der Waals surface area contributed by atoms with E-state index in [-0.39, 0.29) is 0 Å². The molecule has 0 spiro atoms. The lowest BCUT2D eigenvalue weighted by Crippen LogP contribution is -2.45. The van der Waals surface area contributed by atoms with E-state index in [2.05, 4.69) is 63.8 Å². The molecule has 0 amide bonds. The van der Waals surface area contributed by atoms with Gasteiger partial charge in [-0.3, -0.25) is 9.89 Å². The van der Waals surface area contributed by atoms with Crippen molar-refractivity contribution in [2.24, 2.45) is 4.99 Å². The molecule has 1 unspecified atom stereocenters. The van der Waals surface area contributed by atoms with Crippen molar-refractivity contribution in [1.82, 2.24) is 15.5 Å². The van der Waals surface area contributed by atoms with Crippen LogP contribution in [0.3, 0.4) is 0 Å². The number of nitrogens with one attached hydrogen (secondary N) is 2. The Morgan fingerprint density at radius 1 is 1.24 bits per heavy atom. The van der Waals surface area contributed by atoms with Crippen LogP contribution in [-0.4, -0.2) is 57.2 Å². The molecule has 25 heavy (non-hydrogen) atoms. The Hall–Kier alpha value is -1.75. The number of hydrogen-bond donors (Lipinski definition) is 2. The molecule has 5 heteroatoms. The van der Waals surface area contributed by atoms with Crippen molar-refractivity contribution in [1.29, 1.82) is 0 Å². The first-order valence-electron chi connectivity index (χ1n) is 9.63.